The Labute approximate surface area is 256 Å². The predicted octanol–water partition coefficient (Wildman–Crippen LogP) is 5.12. The number of anilines is 1. The highest BCUT2D eigenvalue weighted by atomic mass is 79.9. The van der Waals surface area contributed by atoms with E-state index < -0.39 is 28.5 Å². The third kappa shape index (κ3) is 8.51. The Hall–Kier alpha value is -3.50. The van der Waals surface area contributed by atoms with Gasteiger partial charge >= 0.3 is 0 Å². The number of amides is 2. The molecule has 0 radical (unpaired) electrons. The lowest BCUT2D eigenvalue weighted by Crippen LogP contribution is -2.54. The number of Topliss-reactive ketones (excluding diaryl/α,β-unsaturated/α-hetero) is 1. The summed E-state index contributed by atoms with van der Waals surface area (Å²) in [5.41, 5.74) is 2.20. The lowest BCUT2D eigenvalue weighted by atomic mass is 10.0. The molecule has 8 nitrogen and oxygen atoms in total. The number of carbonyl (C=O) groups is 3. The highest BCUT2D eigenvalue weighted by molar-refractivity contribution is 9.10. The predicted molar refractivity (Wildman–Crippen MR) is 168 cm³/mol. The highest BCUT2D eigenvalue weighted by Crippen LogP contribution is 2.24. The maximum Gasteiger partial charge on any atom is 0.244 e. The minimum Gasteiger partial charge on any atom is -0.352 e. The SMILES string of the molecule is CC(=O)c1cccc(N(CC(=O)N(Cc2cccc(Br)c2)C(Cc2ccccc2)C(=O)NC2CCCC2)S(C)(=O)=O)c1. The van der Waals surface area contributed by atoms with E-state index in [0.717, 1.165) is 51.8 Å². The molecule has 1 saturated carbocycles. The van der Waals surface area contributed by atoms with E-state index in [1.807, 2.05) is 54.6 Å². The van der Waals surface area contributed by atoms with Crippen molar-refractivity contribution in [3.63, 3.8) is 0 Å². The van der Waals surface area contributed by atoms with E-state index in [-0.39, 0.29) is 36.4 Å². The molecule has 3 aromatic rings. The highest BCUT2D eigenvalue weighted by Gasteiger charge is 2.34. The van der Waals surface area contributed by atoms with Crippen LogP contribution < -0.4 is 9.62 Å². The first-order valence-electron chi connectivity index (χ1n) is 14.0. The summed E-state index contributed by atoms with van der Waals surface area (Å²) >= 11 is 3.48. The van der Waals surface area contributed by atoms with Crippen molar-refractivity contribution >= 4 is 49.2 Å². The van der Waals surface area contributed by atoms with Gasteiger partial charge in [0.2, 0.25) is 21.8 Å². The zero-order chi connectivity index (χ0) is 30.3. The molecule has 0 heterocycles. The minimum absolute atomic E-state index is 0.0421. The lowest BCUT2D eigenvalue weighted by molar-refractivity contribution is -0.140. The van der Waals surface area contributed by atoms with Gasteiger partial charge in [-0.25, -0.2) is 8.42 Å². The first-order chi connectivity index (χ1) is 20.0. The van der Waals surface area contributed by atoms with Crippen molar-refractivity contribution in [1.29, 1.82) is 0 Å². The zero-order valence-electron chi connectivity index (χ0n) is 23.8. The van der Waals surface area contributed by atoms with Crippen molar-refractivity contribution < 1.29 is 22.8 Å². The topological polar surface area (TPSA) is 104 Å². The van der Waals surface area contributed by atoms with Gasteiger partial charge in [-0.3, -0.25) is 18.7 Å². The summed E-state index contributed by atoms with van der Waals surface area (Å²) in [5.74, 6) is -1.02. The molecular formula is C32H36BrN3O5S. The molecule has 0 saturated heterocycles. The summed E-state index contributed by atoms with van der Waals surface area (Å²) in [6, 6.07) is 22.3. The average molecular weight is 655 g/mol. The van der Waals surface area contributed by atoms with Gasteiger partial charge in [-0.1, -0.05) is 83.4 Å². The fourth-order valence-corrected chi connectivity index (χ4v) is 6.54. The molecule has 3 aromatic carbocycles. The molecule has 0 spiro atoms. The number of ketones is 1. The Morgan fingerprint density at radius 1 is 0.929 bits per heavy atom. The molecule has 1 aliphatic carbocycles. The van der Waals surface area contributed by atoms with Crippen molar-refractivity contribution in [2.45, 2.75) is 57.7 Å². The zero-order valence-corrected chi connectivity index (χ0v) is 26.2. The quantitative estimate of drug-likeness (QED) is 0.274. The Morgan fingerprint density at radius 2 is 1.60 bits per heavy atom. The number of sulfonamides is 1. The lowest BCUT2D eigenvalue weighted by Gasteiger charge is -2.34. The monoisotopic (exact) mass is 653 g/mol. The maximum atomic E-state index is 14.2. The van der Waals surface area contributed by atoms with Crippen molar-refractivity contribution in [2.24, 2.45) is 0 Å². The molecule has 0 bridgehead atoms. The van der Waals surface area contributed by atoms with E-state index >= 15 is 0 Å². The number of benzene rings is 3. The van der Waals surface area contributed by atoms with Crippen molar-refractivity contribution in [3.8, 4) is 0 Å². The number of halogens is 1. The van der Waals surface area contributed by atoms with Gasteiger partial charge in [-0.05, 0) is 55.2 Å². The normalized spacial score (nSPS) is 14.3. The number of nitrogens with one attached hydrogen (secondary N) is 1. The van der Waals surface area contributed by atoms with Gasteiger partial charge in [0.15, 0.2) is 5.78 Å². The van der Waals surface area contributed by atoms with Crippen LogP contribution in [0, 0.1) is 0 Å². The second-order valence-electron chi connectivity index (χ2n) is 10.7. The first-order valence-corrected chi connectivity index (χ1v) is 16.6. The van der Waals surface area contributed by atoms with Crippen molar-refractivity contribution in [2.75, 3.05) is 17.1 Å². The van der Waals surface area contributed by atoms with Crippen molar-refractivity contribution in [3.05, 3.63) is 100 Å². The van der Waals surface area contributed by atoms with Crippen molar-refractivity contribution in [1.82, 2.24) is 10.2 Å². The van der Waals surface area contributed by atoms with Gasteiger partial charge in [-0.2, -0.15) is 0 Å². The van der Waals surface area contributed by atoms with Crippen LogP contribution >= 0.6 is 15.9 Å². The summed E-state index contributed by atoms with van der Waals surface area (Å²) in [5, 5.41) is 3.16. The molecule has 1 aliphatic rings. The number of hydrogen-bond acceptors (Lipinski definition) is 5. The third-order valence-corrected chi connectivity index (χ3v) is 9.07. The van der Waals surface area contributed by atoms with Crippen LogP contribution in [0.5, 0.6) is 0 Å². The summed E-state index contributed by atoms with van der Waals surface area (Å²) in [7, 11) is -3.93. The summed E-state index contributed by atoms with van der Waals surface area (Å²) in [4.78, 5) is 41.6. The van der Waals surface area contributed by atoms with Gasteiger partial charge in [0, 0.05) is 29.0 Å². The minimum atomic E-state index is -3.93. The van der Waals surface area contributed by atoms with E-state index in [9.17, 15) is 22.8 Å². The van der Waals surface area contributed by atoms with Crippen LogP contribution in [0.3, 0.4) is 0 Å². The van der Waals surface area contributed by atoms with Crippen LogP contribution in [0.4, 0.5) is 5.69 Å². The molecule has 42 heavy (non-hydrogen) atoms. The Kier molecular flexibility index (Phi) is 10.6. The second kappa shape index (κ2) is 14.1. The molecule has 0 aromatic heterocycles. The molecular weight excluding hydrogens is 618 g/mol. The molecule has 0 aliphatic heterocycles. The fourth-order valence-electron chi connectivity index (χ4n) is 5.25. The van der Waals surface area contributed by atoms with Gasteiger partial charge in [0.1, 0.15) is 12.6 Å². The van der Waals surface area contributed by atoms with Gasteiger partial charge in [0.05, 0.1) is 11.9 Å². The largest absolute Gasteiger partial charge is 0.352 e. The van der Waals surface area contributed by atoms with Gasteiger partial charge < -0.3 is 10.2 Å². The number of rotatable bonds is 12. The smallest absolute Gasteiger partial charge is 0.244 e. The van der Waals surface area contributed by atoms with Crippen LogP contribution in [0.25, 0.3) is 0 Å². The Bertz CT molecular complexity index is 1520. The Balaban J connectivity index is 1.74. The molecule has 1 N–H and O–H groups in total. The Morgan fingerprint density at radius 3 is 2.24 bits per heavy atom. The van der Waals surface area contributed by atoms with E-state index in [2.05, 4.69) is 21.2 Å². The summed E-state index contributed by atoms with van der Waals surface area (Å²) in [6.45, 7) is 0.959. The number of nitrogens with zero attached hydrogens (tertiary/aromatic N) is 2. The fraction of sp³-hybridized carbons (Fsp3) is 0.344. The molecule has 4 rings (SSSR count). The first kappa shape index (κ1) is 31.4. The standard InChI is InChI=1S/C32H36BrN3O5S/c1-23(37)26-13-9-17-29(20-26)36(42(2,40)41)22-31(38)35(21-25-12-8-14-27(33)18-25)30(19-24-10-4-3-5-11-24)32(39)34-28-15-6-7-16-28/h3-5,8-14,17-18,20,28,30H,6-7,15-16,19,21-22H2,1-2H3,(H,34,39). The summed E-state index contributed by atoms with van der Waals surface area (Å²) in [6.07, 6.45) is 5.14. The molecule has 1 atom stereocenters. The van der Waals surface area contributed by atoms with Crippen LogP contribution in [0.15, 0.2) is 83.3 Å². The van der Waals surface area contributed by atoms with Crippen LogP contribution in [0.1, 0.15) is 54.1 Å². The number of carbonyl (C=O) groups excluding carboxylic acids is 3. The van der Waals surface area contributed by atoms with E-state index in [0.29, 0.717) is 5.56 Å². The third-order valence-electron chi connectivity index (χ3n) is 7.43. The molecule has 2 amide bonds. The molecule has 222 valence electrons. The van der Waals surface area contributed by atoms with E-state index in [1.165, 1.54) is 17.9 Å². The van der Waals surface area contributed by atoms with Crippen LogP contribution in [0.2, 0.25) is 0 Å². The number of hydrogen-bond donors (Lipinski definition) is 1. The molecule has 1 fully saturated rings. The second-order valence-corrected chi connectivity index (χ2v) is 13.5. The molecule has 1 unspecified atom stereocenters. The van der Waals surface area contributed by atoms with Crippen LogP contribution in [-0.2, 0) is 32.6 Å². The van der Waals surface area contributed by atoms with E-state index in [1.54, 1.807) is 18.2 Å². The van der Waals surface area contributed by atoms with Gasteiger partial charge in [-0.15, -0.1) is 0 Å². The van der Waals surface area contributed by atoms with Gasteiger partial charge in [0.25, 0.3) is 0 Å². The maximum absolute atomic E-state index is 14.2. The van der Waals surface area contributed by atoms with E-state index in [4.69, 9.17) is 0 Å². The summed E-state index contributed by atoms with van der Waals surface area (Å²) < 4.78 is 27.8. The average Bonchev–Trinajstić information content (AvgIpc) is 3.46. The van der Waals surface area contributed by atoms with Crippen LogP contribution in [-0.4, -0.2) is 55.8 Å². The molecule has 10 heteroatoms.